The summed E-state index contributed by atoms with van der Waals surface area (Å²) in [7, 11) is 0. The Balaban J connectivity index is 1.57. The first-order valence-corrected chi connectivity index (χ1v) is 12.6. The highest BCUT2D eigenvalue weighted by Crippen LogP contribution is 2.30. The van der Waals surface area contributed by atoms with E-state index in [-0.39, 0.29) is 12.2 Å². The highest BCUT2D eigenvalue weighted by molar-refractivity contribution is 7.07. The smallest absolute Gasteiger partial charge is 0.338 e. The number of carbonyl (C=O) groups excluding carboxylic acids is 1. The van der Waals surface area contributed by atoms with Crippen molar-refractivity contribution in [2.75, 3.05) is 37.8 Å². The van der Waals surface area contributed by atoms with Crippen LogP contribution in [0, 0.1) is 0 Å². The number of fused-ring (bicyclic) bond motifs is 1. The molecular weight excluding hydrogens is 462 g/mol. The molecule has 1 saturated heterocycles. The SMILES string of the molecule is CCOC(=O)C1=C(C)N=c2s/c(=C\c3ccc(N4CCOCC4)cc3)c(=O)n2C1c1ccccc1. The van der Waals surface area contributed by atoms with Gasteiger partial charge in [0.15, 0.2) is 4.80 Å². The third-order valence-electron chi connectivity index (χ3n) is 6.20. The summed E-state index contributed by atoms with van der Waals surface area (Å²) in [6.07, 6.45) is 1.89. The van der Waals surface area contributed by atoms with E-state index in [1.807, 2.05) is 48.5 Å². The third-order valence-corrected chi connectivity index (χ3v) is 7.18. The van der Waals surface area contributed by atoms with Gasteiger partial charge < -0.3 is 14.4 Å². The Morgan fingerprint density at radius 3 is 2.54 bits per heavy atom. The molecule has 1 fully saturated rings. The second-order valence-corrected chi connectivity index (χ2v) is 9.41. The molecule has 0 N–H and O–H groups in total. The number of benzene rings is 2. The van der Waals surface area contributed by atoms with Crippen molar-refractivity contribution in [3.8, 4) is 0 Å². The Morgan fingerprint density at radius 2 is 1.86 bits per heavy atom. The lowest BCUT2D eigenvalue weighted by Crippen LogP contribution is -2.39. The van der Waals surface area contributed by atoms with Gasteiger partial charge in [-0.25, -0.2) is 9.79 Å². The Labute approximate surface area is 207 Å². The van der Waals surface area contributed by atoms with Crippen molar-refractivity contribution in [3.63, 3.8) is 0 Å². The Bertz CT molecular complexity index is 1430. The molecule has 0 saturated carbocycles. The molecule has 0 aliphatic carbocycles. The number of morpholine rings is 1. The van der Waals surface area contributed by atoms with Crippen LogP contribution in [0.25, 0.3) is 6.08 Å². The van der Waals surface area contributed by atoms with E-state index in [0.29, 0.717) is 20.6 Å². The van der Waals surface area contributed by atoms with Crippen molar-refractivity contribution in [3.05, 3.63) is 96.7 Å². The fraction of sp³-hybridized carbons (Fsp3) is 0.296. The fourth-order valence-electron chi connectivity index (χ4n) is 4.50. The summed E-state index contributed by atoms with van der Waals surface area (Å²) in [5.74, 6) is -0.449. The van der Waals surface area contributed by atoms with Crippen LogP contribution in [0.4, 0.5) is 5.69 Å². The zero-order valence-electron chi connectivity index (χ0n) is 19.8. The zero-order chi connectivity index (χ0) is 24.4. The van der Waals surface area contributed by atoms with Gasteiger partial charge in [-0.2, -0.15) is 0 Å². The van der Waals surface area contributed by atoms with Crippen LogP contribution in [0.3, 0.4) is 0 Å². The fourth-order valence-corrected chi connectivity index (χ4v) is 5.54. The maximum atomic E-state index is 13.6. The molecule has 2 aliphatic heterocycles. The largest absolute Gasteiger partial charge is 0.463 e. The second kappa shape index (κ2) is 10.0. The van der Waals surface area contributed by atoms with Crippen molar-refractivity contribution < 1.29 is 14.3 Å². The van der Waals surface area contributed by atoms with Crippen LogP contribution in [-0.2, 0) is 14.3 Å². The highest BCUT2D eigenvalue weighted by atomic mass is 32.1. The normalized spacial score (nSPS) is 18.3. The highest BCUT2D eigenvalue weighted by Gasteiger charge is 2.33. The second-order valence-electron chi connectivity index (χ2n) is 8.40. The molecule has 3 aromatic rings. The molecule has 0 amide bonds. The van der Waals surface area contributed by atoms with Gasteiger partial charge >= 0.3 is 5.97 Å². The number of ether oxygens (including phenoxy) is 2. The van der Waals surface area contributed by atoms with E-state index in [0.717, 1.165) is 43.1 Å². The van der Waals surface area contributed by atoms with Gasteiger partial charge in [-0.15, -0.1) is 0 Å². The monoisotopic (exact) mass is 489 g/mol. The third kappa shape index (κ3) is 4.59. The topological polar surface area (TPSA) is 73.1 Å². The van der Waals surface area contributed by atoms with E-state index in [1.165, 1.54) is 11.3 Å². The number of esters is 1. The average molecular weight is 490 g/mol. The molecule has 35 heavy (non-hydrogen) atoms. The van der Waals surface area contributed by atoms with E-state index >= 15 is 0 Å². The number of aromatic nitrogens is 1. The summed E-state index contributed by atoms with van der Waals surface area (Å²) in [5, 5.41) is 0. The summed E-state index contributed by atoms with van der Waals surface area (Å²) in [5.41, 5.74) is 3.71. The number of rotatable bonds is 5. The van der Waals surface area contributed by atoms with E-state index in [1.54, 1.807) is 18.4 Å². The van der Waals surface area contributed by atoms with Gasteiger partial charge in [0, 0.05) is 18.8 Å². The van der Waals surface area contributed by atoms with Crippen molar-refractivity contribution >= 4 is 29.1 Å². The molecule has 2 aromatic carbocycles. The molecule has 0 bridgehead atoms. The quantitative estimate of drug-likeness (QED) is 0.516. The van der Waals surface area contributed by atoms with Gasteiger partial charge in [0.2, 0.25) is 0 Å². The maximum Gasteiger partial charge on any atom is 0.338 e. The molecule has 5 rings (SSSR count). The first-order chi connectivity index (χ1) is 17.1. The van der Waals surface area contributed by atoms with Gasteiger partial charge in [-0.1, -0.05) is 53.8 Å². The minimum atomic E-state index is -0.586. The zero-order valence-corrected chi connectivity index (χ0v) is 20.6. The van der Waals surface area contributed by atoms with Crippen LogP contribution in [0.15, 0.2) is 75.7 Å². The van der Waals surface area contributed by atoms with Gasteiger partial charge in [0.1, 0.15) is 0 Å². The van der Waals surface area contributed by atoms with Crippen LogP contribution >= 0.6 is 11.3 Å². The molecule has 1 aromatic heterocycles. The van der Waals surface area contributed by atoms with E-state index < -0.39 is 12.0 Å². The summed E-state index contributed by atoms with van der Waals surface area (Å²) < 4.78 is 13.0. The number of carbonyl (C=O) groups is 1. The van der Waals surface area contributed by atoms with Crippen LogP contribution in [-0.4, -0.2) is 43.4 Å². The van der Waals surface area contributed by atoms with Gasteiger partial charge in [-0.05, 0) is 43.2 Å². The Morgan fingerprint density at radius 1 is 1.14 bits per heavy atom. The van der Waals surface area contributed by atoms with Gasteiger partial charge in [-0.3, -0.25) is 9.36 Å². The first-order valence-electron chi connectivity index (χ1n) is 11.7. The lowest BCUT2D eigenvalue weighted by molar-refractivity contribution is -0.139. The predicted octanol–water partition coefficient (Wildman–Crippen LogP) is 2.63. The Kier molecular flexibility index (Phi) is 6.66. The van der Waals surface area contributed by atoms with Crippen LogP contribution in [0.1, 0.15) is 31.0 Å². The lowest BCUT2D eigenvalue weighted by Gasteiger charge is -2.28. The number of thiazole rings is 1. The molecule has 1 atom stereocenters. The van der Waals surface area contributed by atoms with Crippen molar-refractivity contribution in [1.82, 2.24) is 4.57 Å². The molecule has 0 spiro atoms. The number of allylic oxidation sites excluding steroid dienone is 1. The lowest BCUT2D eigenvalue weighted by atomic mass is 9.96. The number of anilines is 1. The minimum absolute atomic E-state index is 0.172. The Hall–Kier alpha value is -3.49. The molecular formula is C27H27N3O4S. The van der Waals surface area contributed by atoms with Crippen LogP contribution in [0.2, 0.25) is 0 Å². The predicted molar refractivity (Wildman–Crippen MR) is 136 cm³/mol. The first kappa shape index (κ1) is 23.3. The summed E-state index contributed by atoms with van der Waals surface area (Å²) in [6, 6.07) is 17.2. The number of hydrogen-bond donors (Lipinski definition) is 0. The molecule has 7 nitrogen and oxygen atoms in total. The standard InChI is InChI=1S/C27H27N3O4S/c1-3-34-26(32)23-18(2)28-27-30(24(23)20-7-5-4-6-8-20)25(31)22(35-27)17-19-9-11-21(12-10-19)29-13-15-33-16-14-29/h4-12,17,24H,3,13-16H2,1-2H3/b22-17-. The molecule has 8 heteroatoms. The van der Waals surface area contributed by atoms with E-state index in [2.05, 4.69) is 22.0 Å². The summed E-state index contributed by atoms with van der Waals surface area (Å²) in [6.45, 7) is 7.03. The molecule has 3 heterocycles. The summed E-state index contributed by atoms with van der Waals surface area (Å²) >= 11 is 1.33. The average Bonchev–Trinajstić information content (AvgIpc) is 3.19. The van der Waals surface area contributed by atoms with Crippen molar-refractivity contribution in [2.45, 2.75) is 19.9 Å². The molecule has 2 aliphatic rings. The molecule has 1 unspecified atom stereocenters. The molecule has 180 valence electrons. The summed E-state index contributed by atoms with van der Waals surface area (Å²) in [4.78, 5) is 34.0. The van der Waals surface area contributed by atoms with Crippen LogP contribution < -0.4 is 19.8 Å². The maximum absolute atomic E-state index is 13.6. The van der Waals surface area contributed by atoms with Crippen molar-refractivity contribution in [1.29, 1.82) is 0 Å². The van der Waals surface area contributed by atoms with Crippen molar-refractivity contribution in [2.24, 2.45) is 4.99 Å². The van der Waals surface area contributed by atoms with Gasteiger partial charge in [0.25, 0.3) is 5.56 Å². The molecule has 0 radical (unpaired) electrons. The van der Waals surface area contributed by atoms with Crippen LogP contribution in [0.5, 0.6) is 0 Å². The van der Waals surface area contributed by atoms with E-state index in [4.69, 9.17) is 9.47 Å². The number of nitrogens with zero attached hydrogens (tertiary/aromatic N) is 3. The van der Waals surface area contributed by atoms with E-state index in [9.17, 15) is 9.59 Å². The van der Waals surface area contributed by atoms with Gasteiger partial charge in [0.05, 0.1) is 41.7 Å². The minimum Gasteiger partial charge on any atom is -0.463 e. The number of hydrogen-bond acceptors (Lipinski definition) is 7.